The van der Waals surface area contributed by atoms with E-state index in [2.05, 4.69) is 10.3 Å². The zero-order valence-electron chi connectivity index (χ0n) is 7.13. The maximum Gasteiger partial charge on any atom is 0.0606 e. The average Bonchev–Trinajstić information content (AvgIpc) is 2.33. The fraction of sp³-hybridized carbons (Fsp3) is 0.375. The number of nitrogens with zero attached hydrogens (tertiary/aromatic N) is 2. The third kappa shape index (κ3) is 1.61. The van der Waals surface area contributed by atoms with Crippen molar-refractivity contribution >= 4 is 11.9 Å². The quantitative estimate of drug-likeness (QED) is 0.630. The van der Waals surface area contributed by atoms with Gasteiger partial charge in [0.05, 0.1) is 11.4 Å². The average molecular weight is 151 g/mol. The third-order valence-electron chi connectivity index (χ3n) is 1.59. The third-order valence-corrected chi connectivity index (χ3v) is 1.59. The lowest BCUT2D eigenvalue weighted by Crippen LogP contribution is -1.91. The molecule has 60 valence electrons. The number of rotatable bonds is 2. The van der Waals surface area contributed by atoms with Crippen LogP contribution in [0.15, 0.2) is 17.3 Å². The molecule has 1 aromatic heterocycles. The highest BCUT2D eigenvalue weighted by atomic mass is 15.0. The van der Waals surface area contributed by atoms with Crippen LogP contribution in [0.3, 0.4) is 0 Å². The monoisotopic (exact) mass is 151 g/mol. The van der Waals surface area contributed by atoms with Crippen molar-refractivity contribution in [2.45, 2.75) is 0 Å². The van der Waals surface area contributed by atoms with Crippen molar-refractivity contribution in [2.75, 3.05) is 19.4 Å². The first-order valence-corrected chi connectivity index (χ1v) is 3.54. The van der Waals surface area contributed by atoms with Gasteiger partial charge in [-0.2, -0.15) is 0 Å². The van der Waals surface area contributed by atoms with Crippen LogP contribution in [-0.2, 0) is 7.05 Å². The summed E-state index contributed by atoms with van der Waals surface area (Å²) in [7, 11) is 5.67. The Morgan fingerprint density at radius 1 is 1.64 bits per heavy atom. The summed E-state index contributed by atoms with van der Waals surface area (Å²) in [5.74, 6) is 0. The van der Waals surface area contributed by atoms with Gasteiger partial charge in [0.2, 0.25) is 0 Å². The summed E-state index contributed by atoms with van der Waals surface area (Å²) in [5.41, 5.74) is 2.22. The van der Waals surface area contributed by atoms with Gasteiger partial charge in [0, 0.05) is 33.6 Å². The van der Waals surface area contributed by atoms with Gasteiger partial charge >= 0.3 is 0 Å². The molecule has 0 aliphatic carbocycles. The van der Waals surface area contributed by atoms with Crippen molar-refractivity contribution in [3.63, 3.8) is 0 Å². The second-order valence-electron chi connectivity index (χ2n) is 2.40. The van der Waals surface area contributed by atoms with Crippen molar-refractivity contribution in [3.8, 4) is 0 Å². The minimum absolute atomic E-state index is 1.11. The molecule has 0 aliphatic heterocycles. The second kappa shape index (κ2) is 3.23. The van der Waals surface area contributed by atoms with Gasteiger partial charge in [-0.1, -0.05) is 0 Å². The molecule has 0 aromatic carbocycles. The molecule has 1 heterocycles. The molecule has 0 atom stereocenters. The highest BCUT2D eigenvalue weighted by Gasteiger charge is 1.96. The normalized spacial score (nSPS) is 10.8. The zero-order chi connectivity index (χ0) is 8.27. The molecule has 3 nitrogen and oxygen atoms in total. The summed E-state index contributed by atoms with van der Waals surface area (Å²) in [6, 6.07) is 2.05. The van der Waals surface area contributed by atoms with E-state index < -0.39 is 0 Å². The molecule has 1 rings (SSSR count). The molecular weight excluding hydrogens is 138 g/mol. The van der Waals surface area contributed by atoms with E-state index in [0.29, 0.717) is 0 Å². The van der Waals surface area contributed by atoms with E-state index in [0.717, 1.165) is 11.4 Å². The molecule has 0 spiro atoms. The lowest BCUT2D eigenvalue weighted by Gasteiger charge is -1.91. The first-order chi connectivity index (χ1) is 5.27. The van der Waals surface area contributed by atoms with E-state index in [1.807, 2.05) is 37.1 Å². The van der Waals surface area contributed by atoms with Crippen LogP contribution in [0.25, 0.3) is 0 Å². The molecule has 1 N–H and O–H groups in total. The number of hydrogen-bond acceptors (Lipinski definition) is 2. The van der Waals surface area contributed by atoms with Crippen molar-refractivity contribution in [2.24, 2.45) is 12.0 Å². The summed E-state index contributed by atoms with van der Waals surface area (Å²) in [6.07, 6.45) is 3.86. The van der Waals surface area contributed by atoms with Crippen LogP contribution in [0.4, 0.5) is 5.69 Å². The van der Waals surface area contributed by atoms with Gasteiger partial charge in [0.15, 0.2) is 0 Å². The molecule has 0 aliphatic rings. The van der Waals surface area contributed by atoms with E-state index in [1.54, 1.807) is 7.05 Å². The first kappa shape index (κ1) is 7.85. The molecule has 0 bridgehead atoms. The van der Waals surface area contributed by atoms with E-state index >= 15 is 0 Å². The summed E-state index contributed by atoms with van der Waals surface area (Å²) >= 11 is 0. The molecule has 3 heteroatoms. The largest absolute Gasteiger partial charge is 0.387 e. The van der Waals surface area contributed by atoms with Crippen LogP contribution in [-0.4, -0.2) is 24.9 Å². The smallest absolute Gasteiger partial charge is 0.0606 e. The number of nitrogens with one attached hydrogen (secondary N) is 1. The van der Waals surface area contributed by atoms with Crippen molar-refractivity contribution < 1.29 is 0 Å². The Morgan fingerprint density at radius 2 is 2.36 bits per heavy atom. The summed E-state index contributed by atoms with van der Waals surface area (Å²) in [4.78, 5) is 3.94. The Hall–Kier alpha value is -1.25. The number of hydrogen-bond donors (Lipinski definition) is 1. The van der Waals surface area contributed by atoms with Gasteiger partial charge in [-0.3, -0.25) is 4.99 Å². The van der Waals surface area contributed by atoms with Crippen LogP contribution in [0.5, 0.6) is 0 Å². The number of aryl methyl sites for hydroxylation is 1. The van der Waals surface area contributed by atoms with Crippen LogP contribution in [0, 0.1) is 0 Å². The minimum Gasteiger partial charge on any atom is -0.387 e. The molecule has 0 saturated heterocycles. The van der Waals surface area contributed by atoms with Crippen LogP contribution in [0.2, 0.25) is 0 Å². The fourth-order valence-electron chi connectivity index (χ4n) is 0.979. The molecule has 1 aromatic rings. The molecule has 0 saturated carbocycles. The van der Waals surface area contributed by atoms with Gasteiger partial charge in [-0.15, -0.1) is 0 Å². The van der Waals surface area contributed by atoms with E-state index in [4.69, 9.17) is 0 Å². The molecular formula is C8H13N3. The minimum atomic E-state index is 1.11. The van der Waals surface area contributed by atoms with Gasteiger partial charge < -0.3 is 9.88 Å². The standard InChI is InChI=1S/C8H13N3/c1-9-5-8-4-7(10-2)6-11(8)3/h4-6,10H,1-3H3. The highest BCUT2D eigenvalue weighted by Crippen LogP contribution is 2.09. The summed E-state index contributed by atoms with van der Waals surface area (Å²) < 4.78 is 2.03. The van der Waals surface area contributed by atoms with E-state index in [1.165, 1.54) is 0 Å². The summed E-state index contributed by atoms with van der Waals surface area (Å²) in [5, 5.41) is 3.06. The maximum absolute atomic E-state index is 3.94. The molecule has 0 amide bonds. The van der Waals surface area contributed by atoms with Crippen LogP contribution < -0.4 is 5.32 Å². The zero-order valence-corrected chi connectivity index (χ0v) is 7.13. The number of aliphatic imine (C=N–C) groups is 1. The number of anilines is 1. The van der Waals surface area contributed by atoms with Crippen molar-refractivity contribution in [1.29, 1.82) is 0 Å². The molecule has 0 radical (unpaired) electrons. The van der Waals surface area contributed by atoms with Crippen LogP contribution >= 0.6 is 0 Å². The lowest BCUT2D eigenvalue weighted by molar-refractivity contribution is 0.918. The van der Waals surface area contributed by atoms with E-state index in [-0.39, 0.29) is 0 Å². The molecule has 11 heavy (non-hydrogen) atoms. The fourth-order valence-corrected chi connectivity index (χ4v) is 0.979. The van der Waals surface area contributed by atoms with Gasteiger partial charge in [0.1, 0.15) is 0 Å². The summed E-state index contributed by atoms with van der Waals surface area (Å²) in [6.45, 7) is 0. The SMILES string of the molecule is CN=Cc1cc(NC)cn1C. The Morgan fingerprint density at radius 3 is 2.82 bits per heavy atom. The first-order valence-electron chi connectivity index (χ1n) is 3.54. The maximum atomic E-state index is 3.94. The van der Waals surface area contributed by atoms with Gasteiger partial charge in [0.25, 0.3) is 0 Å². The second-order valence-corrected chi connectivity index (χ2v) is 2.40. The Labute approximate surface area is 66.8 Å². The molecule has 0 unspecified atom stereocenters. The predicted octanol–water partition coefficient (Wildman–Crippen LogP) is 1.12. The number of aromatic nitrogens is 1. The van der Waals surface area contributed by atoms with Crippen molar-refractivity contribution in [1.82, 2.24) is 4.57 Å². The molecule has 0 fully saturated rings. The predicted molar refractivity (Wildman–Crippen MR) is 48.5 cm³/mol. The Bertz CT molecular complexity index is 260. The lowest BCUT2D eigenvalue weighted by atomic mass is 10.4. The highest BCUT2D eigenvalue weighted by molar-refractivity contribution is 5.79. The van der Waals surface area contributed by atoms with Gasteiger partial charge in [-0.05, 0) is 6.07 Å². The van der Waals surface area contributed by atoms with Crippen molar-refractivity contribution in [3.05, 3.63) is 18.0 Å². The van der Waals surface area contributed by atoms with E-state index in [9.17, 15) is 0 Å². The van der Waals surface area contributed by atoms with Gasteiger partial charge in [-0.25, -0.2) is 0 Å². The topological polar surface area (TPSA) is 29.3 Å². The Balaban J connectivity index is 2.97. The Kier molecular flexibility index (Phi) is 2.31. The van der Waals surface area contributed by atoms with Crippen LogP contribution in [0.1, 0.15) is 5.69 Å².